The van der Waals surface area contributed by atoms with E-state index >= 15 is 8.78 Å². The van der Waals surface area contributed by atoms with Crippen LogP contribution >= 0.6 is 0 Å². The highest BCUT2D eigenvalue weighted by Gasteiger charge is 2.46. The monoisotopic (exact) mass is 526 g/mol. The Morgan fingerprint density at radius 1 is 1.11 bits per heavy atom. The van der Waals surface area contributed by atoms with Gasteiger partial charge in [0.05, 0.1) is 28.9 Å². The Morgan fingerprint density at radius 3 is 2.34 bits per heavy atom. The quantitative estimate of drug-likeness (QED) is 0.609. The first-order valence-electron chi connectivity index (χ1n) is 11.7. The van der Waals surface area contributed by atoms with Gasteiger partial charge in [-0.2, -0.15) is 4.31 Å². The third-order valence-corrected chi connectivity index (χ3v) is 10.8. The molecule has 2 fully saturated rings. The van der Waals surface area contributed by atoms with Crippen molar-refractivity contribution in [1.82, 2.24) is 9.03 Å². The van der Waals surface area contributed by atoms with E-state index in [1.807, 2.05) is 6.07 Å². The van der Waals surface area contributed by atoms with Crippen LogP contribution in [0.4, 0.5) is 8.78 Å². The highest BCUT2D eigenvalue weighted by Crippen LogP contribution is 2.39. The van der Waals surface area contributed by atoms with Crippen LogP contribution in [0.2, 0.25) is 0 Å². The summed E-state index contributed by atoms with van der Waals surface area (Å²) in [5, 5.41) is -0.723. The Hall–Kier alpha value is -1.72. The van der Waals surface area contributed by atoms with Crippen molar-refractivity contribution in [3.05, 3.63) is 70.8 Å². The molecular weight excluding hydrogens is 494 g/mol. The topological polar surface area (TPSA) is 75.7 Å². The van der Waals surface area contributed by atoms with Crippen LogP contribution in [-0.4, -0.2) is 40.9 Å². The maximum atomic E-state index is 15.3. The lowest BCUT2D eigenvalue weighted by molar-refractivity contribution is -0.0677. The van der Waals surface area contributed by atoms with Gasteiger partial charge in [0.1, 0.15) is 22.4 Å². The van der Waals surface area contributed by atoms with Crippen LogP contribution in [0, 0.1) is 11.6 Å². The lowest BCUT2D eigenvalue weighted by Crippen LogP contribution is -2.60. The molecule has 0 aliphatic carbocycles. The lowest BCUT2D eigenvalue weighted by atomic mass is 9.88. The van der Waals surface area contributed by atoms with E-state index in [2.05, 4.69) is 4.72 Å². The second kappa shape index (κ2) is 9.63. The minimum atomic E-state index is -3.79. The molecule has 0 amide bonds. The Balaban J connectivity index is 1.63. The van der Waals surface area contributed by atoms with Crippen LogP contribution in [0.1, 0.15) is 62.5 Å². The molecule has 0 saturated carbocycles. The SMILES string of the molecule is C[C@H]1CCC(c2ccccc2)S(=O)(=O)N1Cc1cc(F)c(C2(NS(=O)C(C)(C)C)COC2)cc1F. The van der Waals surface area contributed by atoms with Gasteiger partial charge in [-0.15, -0.1) is 0 Å². The third-order valence-electron chi connectivity index (χ3n) is 6.72. The zero-order valence-corrected chi connectivity index (χ0v) is 22.0. The molecule has 2 saturated heterocycles. The normalized spacial score (nSPS) is 25.1. The van der Waals surface area contributed by atoms with Gasteiger partial charge in [0, 0.05) is 23.7 Å². The fourth-order valence-electron chi connectivity index (χ4n) is 4.50. The molecule has 2 aromatic carbocycles. The van der Waals surface area contributed by atoms with Crippen molar-refractivity contribution in [3.63, 3.8) is 0 Å². The summed E-state index contributed by atoms with van der Waals surface area (Å²) in [6.07, 6.45) is 1.09. The van der Waals surface area contributed by atoms with Crippen LogP contribution in [0.5, 0.6) is 0 Å². The molecule has 2 aliphatic heterocycles. The van der Waals surface area contributed by atoms with Crippen molar-refractivity contribution in [1.29, 1.82) is 0 Å². The summed E-state index contributed by atoms with van der Waals surface area (Å²) in [5.41, 5.74) is -0.428. The fourth-order valence-corrected chi connectivity index (χ4v) is 7.58. The molecule has 0 spiro atoms. The number of benzene rings is 2. The number of sulfonamides is 1. The molecule has 0 radical (unpaired) electrons. The molecule has 2 aromatic rings. The molecule has 3 atom stereocenters. The lowest BCUT2D eigenvalue weighted by Gasteiger charge is -2.43. The molecular formula is C25H32F2N2O4S2. The van der Waals surface area contributed by atoms with Gasteiger partial charge in [0.15, 0.2) is 0 Å². The van der Waals surface area contributed by atoms with Gasteiger partial charge in [-0.25, -0.2) is 26.1 Å². The van der Waals surface area contributed by atoms with Crippen molar-refractivity contribution >= 4 is 21.0 Å². The van der Waals surface area contributed by atoms with Gasteiger partial charge in [-0.3, -0.25) is 0 Å². The summed E-state index contributed by atoms with van der Waals surface area (Å²) < 4.78 is 79.2. The van der Waals surface area contributed by atoms with E-state index in [1.165, 1.54) is 4.31 Å². The van der Waals surface area contributed by atoms with Crippen LogP contribution in [-0.2, 0) is 37.8 Å². The Kier molecular flexibility index (Phi) is 7.25. The molecule has 0 bridgehead atoms. The fraction of sp³-hybridized carbons (Fsp3) is 0.520. The zero-order valence-electron chi connectivity index (χ0n) is 20.4. The number of nitrogens with zero attached hydrogens (tertiary/aromatic N) is 1. The Morgan fingerprint density at radius 2 is 1.77 bits per heavy atom. The average Bonchev–Trinajstić information content (AvgIpc) is 2.75. The second-order valence-electron chi connectivity index (χ2n) is 10.4. The van der Waals surface area contributed by atoms with Gasteiger partial charge < -0.3 is 4.74 Å². The molecule has 10 heteroatoms. The summed E-state index contributed by atoms with van der Waals surface area (Å²) in [5.74, 6) is -1.40. The van der Waals surface area contributed by atoms with Crippen LogP contribution < -0.4 is 4.72 Å². The first-order chi connectivity index (χ1) is 16.3. The number of halogens is 2. The van der Waals surface area contributed by atoms with Crippen LogP contribution in [0.3, 0.4) is 0 Å². The molecule has 35 heavy (non-hydrogen) atoms. The van der Waals surface area contributed by atoms with E-state index in [4.69, 9.17) is 4.74 Å². The Bertz CT molecular complexity index is 1210. The average molecular weight is 527 g/mol. The molecule has 6 nitrogen and oxygen atoms in total. The van der Waals surface area contributed by atoms with Gasteiger partial charge >= 0.3 is 0 Å². The standard InChI is InChI=1S/C25H32F2N2O4S2/c1-17-10-11-23(18-8-6-5-7-9-18)35(31,32)29(17)14-19-12-22(27)20(13-21(19)26)25(15-33-16-25)28-34(30)24(2,3)4/h5-9,12-13,17,23,28H,10-11,14-16H2,1-4H3/t17-,23?,34?/m0/s1. The van der Waals surface area contributed by atoms with Crippen LogP contribution in [0.15, 0.2) is 42.5 Å². The number of hydrogen-bond acceptors (Lipinski definition) is 4. The van der Waals surface area contributed by atoms with Crippen molar-refractivity contribution in [3.8, 4) is 0 Å². The van der Waals surface area contributed by atoms with Crippen molar-refractivity contribution < 1.29 is 26.1 Å². The predicted octanol–water partition coefficient (Wildman–Crippen LogP) is 4.30. The number of rotatable bonds is 6. The van der Waals surface area contributed by atoms with E-state index in [1.54, 1.807) is 52.0 Å². The molecule has 192 valence electrons. The van der Waals surface area contributed by atoms with E-state index in [0.717, 1.165) is 12.1 Å². The third kappa shape index (κ3) is 5.09. The largest absolute Gasteiger partial charge is 0.377 e. The Labute approximate surface area is 208 Å². The van der Waals surface area contributed by atoms with Gasteiger partial charge in [0.2, 0.25) is 10.0 Å². The predicted molar refractivity (Wildman–Crippen MR) is 132 cm³/mol. The van der Waals surface area contributed by atoms with E-state index in [9.17, 15) is 12.6 Å². The highest BCUT2D eigenvalue weighted by molar-refractivity contribution is 7.89. The van der Waals surface area contributed by atoms with E-state index < -0.39 is 48.2 Å². The van der Waals surface area contributed by atoms with Gasteiger partial charge in [-0.1, -0.05) is 30.3 Å². The molecule has 4 rings (SSSR count). The first kappa shape index (κ1) is 26.3. The molecule has 2 unspecified atom stereocenters. The zero-order chi connectivity index (χ0) is 25.6. The summed E-state index contributed by atoms with van der Waals surface area (Å²) in [6, 6.07) is 10.8. The number of ether oxygens (including phenoxy) is 1. The van der Waals surface area contributed by atoms with Crippen LogP contribution in [0.25, 0.3) is 0 Å². The van der Waals surface area contributed by atoms with Gasteiger partial charge in [-0.05, 0) is 58.2 Å². The minimum Gasteiger partial charge on any atom is -0.377 e. The number of nitrogens with one attached hydrogen (secondary N) is 1. The smallest absolute Gasteiger partial charge is 0.221 e. The molecule has 0 aromatic heterocycles. The van der Waals surface area contributed by atoms with E-state index in [-0.39, 0.29) is 36.9 Å². The summed E-state index contributed by atoms with van der Waals surface area (Å²) in [7, 11) is -5.31. The van der Waals surface area contributed by atoms with Crippen molar-refractivity contribution in [2.45, 2.75) is 68.7 Å². The van der Waals surface area contributed by atoms with E-state index in [0.29, 0.717) is 18.4 Å². The van der Waals surface area contributed by atoms with Crippen molar-refractivity contribution in [2.24, 2.45) is 0 Å². The minimum absolute atomic E-state index is 0.0271. The first-order valence-corrected chi connectivity index (χ1v) is 14.3. The highest BCUT2D eigenvalue weighted by atomic mass is 32.2. The van der Waals surface area contributed by atoms with Gasteiger partial charge in [0.25, 0.3) is 0 Å². The summed E-state index contributed by atoms with van der Waals surface area (Å²) >= 11 is 0. The molecule has 2 heterocycles. The summed E-state index contributed by atoms with van der Waals surface area (Å²) in [6.45, 7) is 6.99. The van der Waals surface area contributed by atoms with Crippen molar-refractivity contribution in [2.75, 3.05) is 13.2 Å². The summed E-state index contributed by atoms with van der Waals surface area (Å²) in [4.78, 5) is 0. The molecule has 1 N–H and O–H groups in total. The maximum absolute atomic E-state index is 15.3. The maximum Gasteiger partial charge on any atom is 0.221 e. The number of hydrogen-bond donors (Lipinski definition) is 1. The second-order valence-corrected chi connectivity index (χ2v) is 14.4. The molecule has 2 aliphatic rings.